The van der Waals surface area contributed by atoms with E-state index in [1.807, 2.05) is 30.3 Å². The van der Waals surface area contributed by atoms with Crippen LogP contribution in [0.4, 0.5) is 0 Å². The van der Waals surface area contributed by atoms with Gasteiger partial charge < -0.3 is 4.74 Å². The molecule has 1 aromatic carbocycles. The van der Waals surface area contributed by atoms with Gasteiger partial charge in [-0.15, -0.1) is 0 Å². The number of hydrogen-bond acceptors (Lipinski definition) is 3. The van der Waals surface area contributed by atoms with E-state index in [2.05, 4.69) is 23.8 Å². The van der Waals surface area contributed by atoms with Crippen molar-refractivity contribution in [3.05, 3.63) is 47.4 Å². The molecule has 3 rings (SSSR count). The molecule has 1 aliphatic rings. The minimum Gasteiger partial charge on any atom is -0.439 e. The van der Waals surface area contributed by atoms with Crippen LogP contribution in [0.3, 0.4) is 0 Å². The predicted octanol–water partition coefficient (Wildman–Crippen LogP) is 3.88. The van der Waals surface area contributed by atoms with E-state index in [1.165, 1.54) is 11.3 Å². The lowest BCUT2D eigenvalue weighted by molar-refractivity contribution is 0.450. The molecular weight excluding hydrogens is 236 g/mol. The number of aromatic nitrogens is 2. The number of fused-ring (bicyclic) bond motifs is 1. The van der Waals surface area contributed by atoms with Crippen LogP contribution in [-0.2, 0) is 12.8 Å². The molecule has 0 radical (unpaired) electrons. The number of nitrogens with zero attached hydrogens (tertiary/aromatic N) is 2. The van der Waals surface area contributed by atoms with Gasteiger partial charge in [-0.2, -0.15) is 4.98 Å². The van der Waals surface area contributed by atoms with Crippen LogP contribution in [0, 0.1) is 0 Å². The summed E-state index contributed by atoms with van der Waals surface area (Å²) in [5.41, 5.74) is 2.36. The predicted molar refractivity (Wildman–Crippen MR) is 74.7 cm³/mol. The Morgan fingerprint density at radius 1 is 1.05 bits per heavy atom. The van der Waals surface area contributed by atoms with Gasteiger partial charge in [-0.1, -0.05) is 32.0 Å². The maximum atomic E-state index is 5.96. The van der Waals surface area contributed by atoms with Gasteiger partial charge in [0, 0.05) is 11.5 Å². The van der Waals surface area contributed by atoms with E-state index < -0.39 is 0 Å². The van der Waals surface area contributed by atoms with Gasteiger partial charge in [0.05, 0.1) is 5.69 Å². The zero-order chi connectivity index (χ0) is 13.2. The van der Waals surface area contributed by atoms with Gasteiger partial charge >= 0.3 is 0 Å². The number of aryl methyl sites for hydroxylation is 1. The molecule has 0 spiro atoms. The summed E-state index contributed by atoms with van der Waals surface area (Å²) in [4.78, 5) is 9.27. The lowest BCUT2D eigenvalue weighted by Gasteiger charge is -2.12. The summed E-state index contributed by atoms with van der Waals surface area (Å²) in [6.07, 6.45) is 3.22. The molecule has 0 unspecified atom stereocenters. The topological polar surface area (TPSA) is 35.0 Å². The van der Waals surface area contributed by atoms with E-state index in [4.69, 9.17) is 4.74 Å². The lowest BCUT2D eigenvalue weighted by atomic mass is 10.2. The Morgan fingerprint density at radius 3 is 2.58 bits per heavy atom. The first-order valence-electron chi connectivity index (χ1n) is 6.86. The molecule has 0 atom stereocenters. The second-order valence-corrected chi connectivity index (χ2v) is 5.24. The monoisotopic (exact) mass is 254 g/mol. The van der Waals surface area contributed by atoms with Crippen molar-refractivity contribution in [3.63, 3.8) is 0 Å². The molecule has 0 saturated heterocycles. The standard InChI is InChI=1S/C16H18N2O/c1-11(2)15-17-14-10-6-9-13(14)16(18-15)19-12-7-4-3-5-8-12/h3-5,7-8,11H,6,9-10H2,1-2H3. The maximum absolute atomic E-state index is 5.96. The molecule has 0 aliphatic heterocycles. The zero-order valence-electron chi connectivity index (χ0n) is 11.4. The van der Waals surface area contributed by atoms with Gasteiger partial charge in [0.2, 0.25) is 5.88 Å². The quantitative estimate of drug-likeness (QED) is 0.833. The highest BCUT2D eigenvalue weighted by molar-refractivity contribution is 5.38. The second kappa shape index (κ2) is 5.00. The molecule has 0 saturated carbocycles. The summed E-state index contributed by atoms with van der Waals surface area (Å²) in [6.45, 7) is 4.23. The summed E-state index contributed by atoms with van der Waals surface area (Å²) < 4.78 is 5.96. The SMILES string of the molecule is CC(C)c1nc2c(c(Oc3ccccc3)n1)CCC2. The van der Waals surface area contributed by atoms with E-state index in [-0.39, 0.29) is 0 Å². The van der Waals surface area contributed by atoms with Gasteiger partial charge in [0.1, 0.15) is 11.6 Å². The molecule has 0 amide bonds. The van der Waals surface area contributed by atoms with Gasteiger partial charge in [-0.3, -0.25) is 0 Å². The normalized spacial score (nSPS) is 13.6. The van der Waals surface area contributed by atoms with Crippen molar-refractivity contribution in [3.8, 4) is 11.6 Å². The van der Waals surface area contributed by atoms with Gasteiger partial charge in [-0.25, -0.2) is 4.98 Å². The molecule has 19 heavy (non-hydrogen) atoms. The van der Waals surface area contributed by atoms with E-state index in [9.17, 15) is 0 Å². The third kappa shape index (κ3) is 2.46. The molecule has 0 fully saturated rings. The first kappa shape index (κ1) is 12.2. The highest BCUT2D eigenvalue weighted by atomic mass is 16.5. The Labute approximate surface area is 113 Å². The van der Waals surface area contributed by atoms with Gasteiger partial charge in [-0.05, 0) is 31.4 Å². The average molecular weight is 254 g/mol. The van der Waals surface area contributed by atoms with Crippen molar-refractivity contribution in [2.75, 3.05) is 0 Å². The molecular formula is C16H18N2O. The van der Waals surface area contributed by atoms with Crippen molar-refractivity contribution < 1.29 is 4.74 Å². The first-order chi connectivity index (χ1) is 9.24. The van der Waals surface area contributed by atoms with Crippen LogP contribution >= 0.6 is 0 Å². The Morgan fingerprint density at radius 2 is 1.84 bits per heavy atom. The van der Waals surface area contributed by atoms with Crippen molar-refractivity contribution in [2.24, 2.45) is 0 Å². The molecule has 1 heterocycles. The third-order valence-corrected chi connectivity index (χ3v) is 3.39. The Balaban J connectivity index is 2.00. The molecule has 2 aromatic rings. The number of benzene rings is 1. The summed E-state index contributed by atoms with van der Waals surface area (Å²) in [5.74, 6) is 2.79. The van der Waals surface area contributed by atoms with Crippen molar-refractivity contribution in [1.29, 1.82) is 0 Å². The fraction of sp³-hybridized carbons (Fsp3) is 0.375. The molecule has 0 bridgehead atoms. The van der Waals surface area contributed by atoms with Crippen LogP contribution in [0.2, 0.25) is 0 Å². The van der Waals surface area contributed by atoms with Crippen molar-refractivity contribution >= 4 is 0 Å². The van der Waals surface area contributed by atoms with Gasteiger partial charge in [0.15, 0.2) is 0 Å². The smallest absolute Gasteiger partial charge is 0.226 e. The van der Waals surface area contributed by atoms with E-state index in [0.717, 1.165) is 36.7 Å². The van der Waals surface area contributed by atoms with Crippen LogP contribution in [-0.4, -0.2) is 9.97 Å². The largest absolute Gasteiger partial charge is 0.439 e. The maximum Gasteiger partial charge on any atom is 0.226 e. The van der Waals surface area contributed by atoms with Crippen LogP contribution < -0.4 is 4.74 Å². The summed E-state index contributed by atoms with van der Waals surface area (Å²) in [5, 5.41) is 0. The average Bonchev–Trinajstić information content (AvgIpc) is 2.88. The number of ether oxygens (including phenoxy) is 1. The Kier molecular flexibility index (Phi) is 3.20. The molecule has 3 nitrogen and oxygen atoms in total. The molecule has 0 N–H and O–H groups in total. The second-order valence-electron chi connectivity index (χ2n) is 5.24. The Hall–Kier alpha value is -1.90. The van der Waals surface area contributed by atoms with Crippen molar-refractivity contribution in [1.82, 2.24) is 9.97 Å². The molecule has 1 aromatic heterocycles. The highest BCUT2D eigenvalue weighted by Crippen LogP contribution is 2.32. The van der Waals surface area contributed by atoms with Gasteiger partial charge in [0.25, 0.3) is 0 Å². The number of hydrogen-bond donors (Lipinski definition) is 0. The fourth-order valence-electron chi connectivity index (χ4n) is 2.36. The van der Waals surface area contributed by atoms with E-state index >= 15 is 0 Å². The molecule has 1 aliphatic carbocycles. The van der Waals surface area contributed by atoms with E-state index in [0.29, 0.717) is 5.92 Å². The summed E-state index contributed by atoms with van der Waals surface area (Å²) >= 11 is 0. The fourth-order valence-corrected chi connectivity index (χ4v) is 2.36. The van der Waals surface area contributed by atoms with Crippen LogP contribution in [0.5, 0.6) is 11.6 Å². The highest BCUT2D eigenvalue weighted by Gasteiger charge is 2.21. The summed E-state index contributed by atoms with van der Waals surface area (Å²) in [7, 11) is 0. The van der Waals surface area contributed by atoms with Crippen LogP contribution in [0.1, 0.15) is 43.3 Å². The Bertz CT molecular complexity index is 579. The number of rotatable bonds is 3. The minimum absolute atomic E-state index is 0.323. The number of para-hydroxylation sites is 1. The minimum atomic E-state index is 0.323. The lowest BCUT2D eigenvalue weighted by Crippen LogP contribution is -2.04. The van der Waals surface area contributed by atoms with Crippen molar-refractivity contribution in [2.45, 2.75) is 39.0 Å². The summed E-state index contributed by atoms with van der Waals surface area (Å²) in [6, 6.07) is 9.84. The zero-order valence-corrected chi connectivity index (χ0v) is 11.4. The van der Waals surface area contributed by atoms with E-state index in [1.54, 1.807) is 0 Å². The third-order valence-electron chi connectivity index (χ3n) is 3.39. The molecule has 3 heteroatoms. The van der Waals surface area contributed by atoms with Crippen LogP contribution in [0.15, 0.2) is 30.3 Å². The molecule has 98 valence electrons. The van der Waals surface area contributed by atoms with Crippen LogP contribution in [0.25, 0.3) is 0 Å². The first-order valence-corrected chi connectivity index (χ1v) is 6.86.